The van der Waals surface area contributed by atoms with Gasteiger partial charge in [-0.1, -0.05) is 35.5 Å². The van der Waals surface area contributed by atoms with Crippen LogP contribution in [0.1, 0.15) is 16.2 Å². The van der Waals surface area contributed by atoms with Crippen molar-refractivity contribution in [1.29, 1.82) is 0 Å². The van der Waals surface area contributed by atoms with Crippen LogP contribution in [0.3, 0.4) is 0 Å². The van der Waals surface area contributed by atoms with Crippen LogP contribution < -0.4 is 5.32 Å². The maximum absolute atomic E-state index is 13.2. The number of carbonyl (C=O) groups excluding carboxylic acids is 1. The topological polar surface area (TPSA) is 59.8 Å². The molecule has 1 heterocycles. The van der Waals surface area contributed by atoms with Gasteiger partial charge in [-0.3, -0.25) is 9.36 Å². The molecule has 3 aromatic rings. The molecular formula is C17H14ClFN4OS. The van der Waals surface area contributed by atoms with E-state index in [2.05, 4.69) is 15.5 Å². The fourth-order valence-electron chi connectivity index (χ4n) is 2.31. The number of aromatic nitrogens is 3. The Balaban J connectivity index is 1.84. The molecule has 0 fully saturated rings. The molecule has 1 N–H and O–H groups in total. The van der Waals surface area contributed by atoms with Crippen LogP contribution in [0.2, 0.25) is 5.02 Å². The van der Waals surface area contributed by atoms with Gasteiger partial charge in [0.2, 0.25) is 0 Å². The summed E-state index contributed by atoms with van der Waals surface area (Å²) >= 11 is 7.50. The minimum atomic E-state index is -0.459. The second-order valence-corrected chi connectivity index (χ2v) is 6.32. The van der Waals surface area contributed by atoms with Crippen molar-refractivity contribution >= 4 is 29.3 Å². The molecule has 0 unspecified atom stereocenters. The summed E-state index contributed by atoms with van der Waals surface area (Å²) < 4.78 is 15.1. The summed E-state index contributed by atoms with van der Waals surface area (Å²) in [6, 6.07) is 12.8. The molecule has 0 radical (unpaired) electrons. The SMILES string of the molecule is CSc1nnc(CNC(=O)c2cccc(F)c2)n1-c1cccc(Cl)c1. The molecule has 0 saturated heterocycles. The number of halogens is 2. The van der Waals surface area contributed by atoms with Gasteiger partial charge in [-0.2, -0.15) is 0 Å². The molecule has 8 heteroatoms. The highest BCUT2D eigenvalue weighted by Gasteiger charge is 2.15. The van der Waals surface area contributed by atoms with Crippen LogP contribution in [-0.4, -0.2) is 26.9 Å². The van der Waals surface area contributed by atoms with Gasteiger partial charge in [0.15, 0.2) is 11.0 Å². The third-order valence-electron chi connectivity index (χ3n) is 3.44. The summed E-state index contributed by atoms with van der Waals surface area (Å²) in [6.45, 7) is 0.148. The molecule has 0 saturated carbocycles. The van der Waals surface area contributed by atoms with E-state index in [4.69, 9.17) is 11.6 Å². The monoisotopic (exact) mass is 376 g/mol. The Morgan fingerprint density at radius 1 is 1.24 bits per heavy atom. The minimum absolute atomic E-state index is 0.148. The van der Waals surface area contributed by atoms with Crippen molar-refractivity contribution in [3.8, 4) is 5.69 Å². The molecule has 5 nitrogen and oxygen atoms in total. The number of rotatable bonds is 5. The molecular weight excluding hydrogens is 363 g/mol. The number of thioether (sulfide) groups is 1. The summed E-state index contributed by atoms with van der Waals surface area (Å²) in [6.07, 6.45) is 1.89. The van der Waals surface area contributed by atoms with Crippen molar-refractivity contribution < 1.29 is 9.18 Å². The quantitative estimate of drug-likeness (QED) is 0.689. The van der Waals surface area contributed by atoms with Crippen LogP contribution in [0, 0.1) is 5.82 Å². The Hall–Kier alpha value is -2.38. The predicted octanol–water partition coefficient (Wildman–Crippen LogP) is 3.71. The summed E-state index contributed by atoms with van der Waals surface area (Å²) in [5, 5.41) is 12.3. The third-order valence-corrected chi connectivity index (χ3v) is 4.31. The van der Waals surface area contributed by atoms with E-state index < -0.39 is 5.82 Å². The molecule has 0 atom stereocenters. The molecule has 0 aliphatic rings. The standard InChI is InChI=1S/C17H14ClFN4OS/c1-25-17-22-21-15(23(17)14-7-3-5-12(18)9-14)10-20-16(24)11-4-2-6-13(19)8-11/h2-9H,10H2,1H3,(H,20,24). The van der Waals surface area contributed by atoms with Crippen LogP contribution in [0.4, 0.5) is 4.39 Å². The van der Waals surface area contributed by atoms with Gasteiger partial charge in [-0.25, -0.2) is 4.39 Å². The first-order valence-corrected chi connectivity index (χ1v) is 8.97. The summed E-state index contributed by atoms with van der Waals surface area (Å²) in [7, 11) is 0. The normalized spacial score (nSPS) is 10.7. The zero-order chi connectivity index (χ0) is 17.8. The molecule has 25 heavy (non-hydrogen) atoms. The maximum Gasteiger partial charge on any atom is 0.251 e. The number of nitrogens with zero attached hydrogens (tertiary/aromatic N) is 3. The number of hydrogen-bond acceptors (Lipinski definition) is 4. The van der Waals surface area contributed by atoms with E-state index in [0.29, 0.717) is 16.0 Å². The average molecular weight is 377 g/mol. The van der Waals surface area contributed by atoms with Crippen molar-refractivity contribution in [1.82, 2.24) is 20.1 Å². The molecule has 1 amide bonds. The number of benzene rings is 2. The number of hydrogen-bond donors (Lipinski definition) is 1. The van der Waals surface area contributed by atoms with Crippen molar-refractivity contribution in [3.05, 3.63) is 70.8 Å². The van der Waals surface area contributed by atoms with Crippen molar-refractivity contribution in [2.75, 3.05) is 6.26 Å². The lowest BCUT2D eigenvalue weighted by atomic mass is 10.2. The smallest absolute Gasteiger partial charge is 0.251 e. The average Bonchev–Trinajstić information content (AvgIpc) is 3.02. The van der Waals surface area contributed by atoms with Gasteiger partial charge < -0.3 is 5.32 Å². The first-order valence-electron chi connectivity index (χ1n) is 7.36. The molecule has 0 aliphatic heterocycles. The van der Waals surface area contributed by atoms with Crippen LogP contribution in [0.15, 0.2) is 53.7 Å². The second-order valence-electron chi connectivity index (χ2n) is 5.11. The van der Waals surface area contributed by atoms with Crippen molar-refractivity contribution in [3.63, 3.8) is 0 Å². The summed E-state index contributed by atoms with van der Waals surface area (Å²) in [4.78, 5) is 12.2. The zero-order valence-corrected chi connectivity index (χ0v) is 14.8. The highest BCUT2D eigenvalue weighted by Crippen LogP contribution is 2.22. The first kappa shape index (κ1) is 17.4. The highest BCUT2D eigenvalue weighted by molar-refractivity contribution is 7.98. The lowest BCUT2D eigenvalue weighted by Gasteiger charge is -2.10. The predicted molar refractivity (Wildman–Crippen MR) is 95.7 cm³/mol. The lowest BCUT2D eigenvalue weighted by Crippen LogP contribution is -2.24. The largest absolute Gasteiger partial charge is 0.345 e. The van der Waals surface area contributed by atoms with Crippen LogP contribution >= 0.6 is 23.4 Å². The van der Waals surface area contributed by atoms with Gasteiger partial charge in [-0.05, 0) is 42.7 Å². The van der Waals surface area contributed by atoms with E-state index in [1.165, 1.54) is 30.0 Å². The molecule has 3 rings (SSSR count). The van der Waals surface area contributed by atoms with Crippen molar-refractivity contribution in [2.45, 2.75) is 11.7 Å². The number of carbonyl (C=O) groups is 1. The maximum atomic E-state index is 13.2. The van der Waals surface area contributed by atoms with Crippen LogP contribution in [-0.2, 0) is 6.54 Å². The van der Waals surface area contributed by atoms with E-state index in [9.17, 15) is 9.18 Å². The van der Waals surface area contributed by atoms with Gasteiger partial charge in [0, 0.05) is 10.6 Å². The Labute approximate surface area is 153 Å². The zero-order valence-electron chi connectivity index (χ0n) is 13.2. The Kier molecular flexibility index (Phi) is 5.35. The van der Waals surface area contributed by atoms with Gasteiger partial charge in [0.1, 0.15) is 5.82 Å². The highest BCUT2D eigenvalue weighted by atomic mass is 35.5. The van der Waals surface area contributed by atoms with Gasteiger partial charge in [0.25, 0.3) is 5.91 Å². The van der Waals surface area contributed by atoms with E-state index in [0.717, 1.165) is 5.69 Å². The first-order chi connectivity index (χ1) is 12.1. The lowest BCUT2D eigenvalue weighted by molar-refractivity contribution is 0.0949. The van der Waals surface area contributed by atoms with Crippen LogP contribution in [0.25, 0.3) is 5.69 Å². The van der Waals surface area contributed by atoms with E-state index in [1.54, 1.807) is 18.2 Å². The van der Waals surface area contributed by atoms with E-state index >= 15 is 0 Å². The number of amides is 1. The van der Waals surface area contributed by atoms with Crippen LogP contribution in [0.5, 0.6) is 0 Å². The fraction of sp³-hybridized carbons (Fsp3) is 0.118. The summed E-state index contributed by atoms with van der Waals surface area (Å²) in [5.41, 5.74) is 1.05. The number of nitrogens with one attached hydrogen (secondary N) is 1. The van der Waals surface area contributed by atoms with E-state index in [-0.39, 0.29) is 18.0 Å². The van der Waals surface area contributed by atoms with Gasteiger partial charge in [0.05, 0.1) is 12.2 Å². The molecule has 1 aromatic heterocycles. The summed E-state index contributed by atoms with van der Waals surface area (Å²) in [5.74, 6) is -0.290. The molecule has 2 aromatic carbocycles. The molecule has 0 bridgehead atoms. The van der Waals surface area contributed by atoms with Gasteiger partial charge >= 0.3 is 0 Å². The van der Waals surface area contributed by atoms with Crippen molar-refractivity contribution in [2.24, 2.45) is 0 Å². The molecule has 0 spiro atoms. The Morgan fingerprint density at radius 3 is 2.76 bits per heavy atom. The second kappa shape index (κ2) is 7.67. The molecule has 0 aliphatic carbocycles. The van der Waals surface area contributed by atoms with Gasteiger partial charge in [-0.15, -0.1) is 10.2 Å². The Bertz CT molecular complexity index is 915. The Morgan fingerprint density at radius 2 is 2.04 bits per heavy atom. The van der Waals surface area contributed by atoms with E-state index in [1.807, 2.05) is 23.0 Å². The molecule has 128 valence electrons. The fourth-order valence-corrected chi connectivity index (χ4v) is 3.01. The third kappa shape index (κ3) is 4.00. The minimum Gasteiger partial charge on any atom is -0.345 e.